The van der Waals surface area contributed by atoms with Crippen molar-refractivity contribution in [2.45, 2.75) is 52.5 Å². The second-order valence-corrected chi connectivity index (χ2v) is 13.7. The van der Waals surface area contributed by atoms with E-state index in [1.807, 2.05) is 0 Å². The molecule has 118 valence electrons. The predicted octanol–water partition coefficient (Wildman–Crippen LogP) is 4.47. The van der Waals surface area contributed by atoms with Crippen LogP contribution in [0.5, 0.6) is 0 Å². The summed E-state index contributed by atoms with van der Waals surface area (Å²) in [6.07, 6.45) is 11.1. The summed E-state index contributed by atoms with van der Waals surface area (Å²) >= 11 is 0. The number of nitrogens with zero attached hydrogens (tertiary/aromatic N) is 1. The maximum atomic E-state index is 2.78. The molecule has 1 aliphatic carbocycles. The number of hydrogen-bond donors (Lipinski definition) is 0. The predicted molar refractivity (Wildman–Crippen MR) is 95.8 cm³/mol. The Kier molecular flexibility index (Phi) is 5.71. The molecule has 0 amide bonds. The summed E-state index contributed by atoms with van der Waals surface area (Å²) in [7, 11) is -0.861. The molecule has 0 spiro atoms. The van der Waals surface area contributed by atoms with Gasteiger partial charge in [-0.2, -0.15) is 0 Å². The monoisotopic (exact) mass is 297 g/mol. The Bertz CT molecular complexity index is 347. The summed E-state index contributed by atoms with van der Waals surface area (Å²) in [6.45, 7) is 14.9. The fourth-order valence-corrected chi connectivity index (χ4v) is 5.22. The quantitative estimate of drug-likeness (QED) is 0.516. The van der Waals surface area contributed by atoms with Gasteiger partial charge in [-0.05, 0) is 0 Å². The molecule has 2 aliphatic rings. The van der Waals surface area contributed by atoms with E-state index in [2.05, 4.69) is 45.1 Å². The Balaban J connectivity index is 1.77. The zero-order chi connectivity index (χ0) is 14.8. The molecule has 0 bridgehead atoms. The molecule has 1 heterocycles. The van der Waals surface area contributed by atoms with Crippen LogP contribution in [0, 0.1) is 11.8 Å². The summed E-state index contributed by atoms with van der Waals surface area (Å²) in [5, 5.41) is 0. The maximum absolute atomic E-state index is 2.78. The van der Waals surface area contributed by atoms with Gasteiger partial charge >= 0.3 is 127 Å². The second kappa shape index (κ2) is 6.93. The molecule has 20 heavy (non-hydrogen) atoms. The van der Waals surface area contributed by atoms with E-state index in [9.17, 15) is 0 Å². The first-order chi connectivity index (χ1) is 9.43. The third-order valence-corrected chi connectivity index (χ3v) is 9.39. The SMILES string of the molecule is CC[PH](C)(C)CCC(C)C1CC1N1CCCC=C(C)C1. The van der Waals surface area contributed by atoms with Gasteiger partial charge < -0.3 is 0 Å². The van der Waals surface area contributed by atoms with Gasteiger partial charge in [0, 0.05) is 0 Å². The van der Waals surface area contributed by atoms with Gasteiger partial charge in [0.2, 0.25) is 0 Å². The van der Waals surface area contributed by atoms with Crippen LogP contribution in [0.1, 0.15) is 46.5 Å². The molecule has 2 rings (SSSR count). The van der Waals surface area contributed by atoms with Gasteiger partial charge in [0.1, 0.15) is 0 Å². The topological polar surface area (TPSA) is 3.24 Å². The van der Waals surface area contributed by atoms with Gasteiger partial charge in [0.15, 0.2) is 0 Å². The Hall–Kier alpha value is 0.130. The van der Waals surface area contributed by atoms with Crippen molar-refractivity contribution in [3.63, 3.8) is 0 Å². The van der Waals surface area contributed by atoms with E-state index in [1.54, 1.807) is 5.57 Å². The molecule has 3 atom stereocenters. The number of hydrogen-bond acceptors (Lipinski definition) is 1. The van der Waals surface area contributed by atoms with Crippen LogP contribution >= 0.6 is 7.26 Å². The molecule has 0 aromatic rings. The number of allylic oxidation sites excluding steroid dienone is 1. The third-order valence-electron chi connectivity index (χ3n) is 5.83. The molecule has 1 fully saturated rings. The first kappa shape index (κ1) is 16.5. The third kappa shape index (κ3) is 4.57. The summed E-state index contributed by atoms with van der Waals surface area (Å²) in [5.74, 6) is 1.95. The minimum absolute atomic E-state index is 0.861. The van der Waals surface area contributed by atoms with Crippen LogP contribution in [-0.4, -0.2) is 49.7 Å². The molecule has 0 aromatic heterocycles. The van der Waals surface area contributed by atoms with E-state index in [0.717, 1.165) is 17.9 Å². The molecular formula is C18H36NP. The normalized spacial score (nSPS) is 30.6. The van der Waals surface area contributed by atoms with Gasteiger partial charge in [0.05, 0.1) is 0 Å². The van der Waals surface area contributed by atoms with Crippen LogP contribution in [0.2, 0.25) is 0 Å². The summed E-state index contributed by atoms with van der Waals surface area (Å²) < 4.78 is 0. The average molecular weight is 297 g/mol. The van der Waals surface area contributed by atoms with Gasteiger partial charge in [-0.15, -0.1) is 0 Å². The molecule has 1 nitrogen and oxygen atoms in total. The van der Waals surface area contributed by atoms with E-state index in [4.69, 9.17) is 0 Å². The van der Waals surface area contributed by atoms with Crippen LogP contribution < -0.4 is 0 Å². The minimum atomic E-state index is -0.861. The molecule has 0 saturated heterocycles. The van der Waals surface area contributed by atoms with Crippen molar-refractivity contribution in [2.75, 3.05) is 38.7 Å². The zero-order valence-corrected chi connectivity index (χ0v) is 15.4. The zero-order valence-electron chi connectivity index (χ0n) is 14.4. The number of rotatable bonds is 6. The molecule has 1 aliphatic heterocycles. The summed E-state index contributed by atoms with van der Waals surface area (Å²) in [5.41, 5.74) is 1.60. The molecule has 0 radical (unpaired) electrons. The summed E-state index contributed by atoms with van der Waals surface area (Å²) in [4.78, 5) is 2.78. The van der Waals surface area contributed by atoms with Gasteiger partial charge in [0.25, 0.3) is 0 Å². The average Bonchev–Trinajstić information content (AvgIpc) is 3.20. The standard InChI is InChI=1S/C18H36NP/c1-6-20(4,5)12-10-16(3)17-13-18(17)19-11-8-7-9-15(2)14-19/h9,16-18,20H,6-8,10-14H2,1-5H3. The van der Waals surface area contributed by atoms with E-state index in [-0.39, 0.29) is 0 Å². The van der Waals surface area contributed by atoms with Crippen molar-refractivity contribution in [2.24, 2.45) is 11.8 Å². The summed E-state index contributed by atoms with van der Waals surface area (Å²) in [6, 6.07) is 0.915. The van der Waals surface area contributed by atoms with Crippen LogP contribution in [0.15, 0.2) is 11.6 Å². The van der Waals surface area contributed by atoms with Crippen molar-refractivity contribution in [3.05, 3.63) is 11.6 Å². The van der Waals surface area contributed by atoms with E-state index in [0.29, 0.717) is 0 Å². The van der Waals surface area contributed by atoms with E-state index >= 15 is 0 Å². The Labute approximate surface area is 127 Å². The van der Waals surface area contributed by atoms with Gasteiger partial charge in [-0.3, -0.25) is 0 Å². The van der Waals surface area contributed by atoms with Crippen LogP contribution in [0.3, 0.4) is 0 Å². The van der Waals surface area contributed by atoms with Crippen LogP contribution in [0.25, 0.3) is 0 Å². The Morgan fingerprint density at radius 1 is 1.40 bits per heavy atom. The fraction of sp³-hybridized carbons (Fsp3) is 0.889. The second-order valence-electron chi connectivity index (χ2n) is 8.16. The van der Waals surface area contributed by atoms with Crippen molar-refractivity contribution in [3.8, 4) is 0 Å². The Morgan fingerprint density at radius 2 is 2.15 bits per heavy atom. The first-order valence-corrected chi connectivity index (χ1v) is 12.2. The van der Waals surface area contributed by atoms with E-state index in [1.165, 1.54) is 51.1 Å². The van der Waals surface area contributed by atoms with E-state index < -0.39 is 7.26 Å². The van der Waals surface area contributed by atoms with Crippen molar-refractivity contribution in [1.82, 2.24) is 4.90 Å². The first-order valence-electron chi connectivity index (χ1n) is 8.82. The van der Waals surface area contributed by atoms with Crippen molar-refractivity contribution < 1.29 is 0 Å². The molecule has 0 N–H and O–H groups in total. The molecule has 1 saturated carbocycles. The van der Waals surface area contributed by atoms with Gasteiger partial charge in [-0.25, -0.2) is 0 Å². The van der Waals surface area contributed by atoms with Gasteiger partial charge in [-0.1, -0.05) is 0 Å². The van der Waals surface area contributed by atoms with Crippen molar-refractivity contribution >= 4 is 7.26 Å². The molecule has 2 heteroatoms. The van der Waals surface area contributed by atoms with Crippen LogP contribution in [-0.2, 0) is 0 Å². The fourth-order valence-electron chi connectivity index (χ4n) is 3.63. The molecule has 0 aromatic carbocycles. The molecule has 3 unspecified atom stereocenters. The molecular weight excluding hydrogens is 261 g/mol. The van der Waals surface area contributed by atoms with Crippen molar-refractivity contribution in [1.29, 1.82) is 0 Å². The Morgan fingerprint density at radius 3 is 2.85 bits per heavy atom. The van der Waals surface area contributed by atoms with Crippen LogP contribution in [0.4, 0.5) is 0 Å².